The number of aliphatic hydroxyl groups is 1. The summed E-state index contributed by atoms with van der Waals surface area (Å²) in [5.41, 5.74) is -0.0496. The lowest BCUT2D eigenvalue weighted by Crippen LogP contribution is -2.33. The van der Waals surface area contributed by atoms with Gasteiger partial charge in [0.05, 0.1) is 0 Å². The highest BCUT2D eigenvalue weighted by Crippen LogP contribution is 2.41. The summed E-state index contributed by atoms with van der Waals surface area (Å²) in [4.78, 5) is 0. The fourth-order valence-corrected chi connectivity index (χ4v) is 1.79. The topological polar surface area (TPSA) is 29.5 Å². The molecule has 2 rings (SSSR count). The molecule has 0 amide bonds. The second-order valence-electron chi connectivity index (χ2n) is 3.71. The zero-order chi connectivity index (χ0) is 10.2. The van der Waals surface area contributed by atoms with E-state index < -0.39 is 5.60 Å². The van der Waals surface area contributed by atoms with Gasteiger partial charge >= 0.3 is 0 Å². The number of rotatable bonds is 1. The average Bonchev–Trinajstić information content (AvgIpc) is 2.41. The number of hydrogen-bond donors (Lipinski definition) is 1. The standard InChI is InChI=1S/C12H14O2/c1-3-6-11-12(2,13)9-7-4-5-8-10(9)14-11/h3-8,11,13H,1-2H3/b6-3+/t11-,12+/m0/s1. The highest BCUT2D eigenvalue weighted by atomic mass is 16.5. The van der Waals surface area contributed by atoms with E-state index in [0.29, 0.717) is 0 Å². The zero-order valence-corrected chi connectivity index (χ0v) is 8.40. The van der Waals surface area contributed by atoms with Crippen molar-refractivity contribution in [3.63, 3.8) is 0 Å². The van der Waals surface area contributed by atoms with Gasteiger partial charge < -0.3 is 9.84 Å². The fourth-order valence-electron chi connectivity index (χ4n) is 1.79. The molecule has 1 aliphatic heterocycles. The van der Waals surface area contributed by atoms with E-state index in [1.807, 2.05) is 43.3 Å². The summed E-state index contributed by atoms with van der Waals surface area (Å²) in [5.74, 6) is 0.778. The Morgan fingerprint density at radius 1 is 1.43 bits per heavy atom. The van der Waals surface area contributed by atoms with Crippen LogP contribution in [0.1, 0.15) is 19.4 Å². The molecule has 1 heterocycles. The lowest BCUT2D eigenvalue weighted by Gasteiger charge is -2.21. The number of fused-ring (bicyclic) bond motifs is 1. The Labute approximate surface area is 83.8 Å². The van der Waals surface area contributed by atoms with Crippen molar-refractivity contribution in [3.8, 4) is 5.75 Å². The molecule has 2 nitrogen and oxygen atoms in total. The minimum atomic E-state index is -0.914. The molecule has 0 aliphatic carbocycles. The highest BCUT2D eigenvalue weighted by molar-refractivity contribution is 5.43. The molecule has 1 N–H and O–H groups in total. The smallest absolute Gasteiger partial charge is 0.149 e. The number of hydrogen-bond acceptors (Lipinski definition) is 2. The van der Waals surface area contributed by atoms with Gasteiger partial charge in [-0.3, -0.25) is 0 Å². The Morgan fingerprint density at radius 3 is 2.79 bits per heavy atom. The van der Waals surface area contributed by atoms with Crippen molar-refractivity contribution in [2.45, 2.75) is 25.6 Å². The third-order valence-corrected chi connectivity index (χ3v) is 2.61. The van der Waals surface area contributed by atoms with E-state index in [1.165, 1.54) is 0 Å². The van der Waals surface area contributed by atoms with Crippen molar-refractivity contribution < 1.29 is 9.84 Å². The van der Waals surface area contributed by atoms with Crippen molar-refractivity contribution in [2.24, 2.45) is 0 Å². The highest BCUT2D eigenvalue weighted by Gasteiger charge is 2.41. The summed E-state index contributed by atoms with van der Waals surface area (Å²) in [6.45, 7) is 3.70. The Hall–Kier alpha value is -1.28. The van der Waals surface area contributed by atoms with Gasteiger partial charge in [0.25, 0.3) is 0 Å². The van der Waals surface area contributed by atoms with Crippen LogP contribution in [0.3, 0.4) is 0 Å². The average molecular weight is 190 g/mol. The third kappa shape index (κ3) is 1.23. The first-order valence-corrected chi connectivity index (χ1v) is 4.77. The van der Waals surface area contributed by atoms with Gasteiger partial charge in [-0.05, 0) is 26.0 Å². The number of para-hydroxylation sites is 1. The van der Waals surface area contributed by atoms with Gasteiger partial charge in [0.15, 0.2) is 0 Å². The Bertz CT molecular complexity index is 366. The maximum absolute atomic E-state index is 10.3. The lowest BCUT2D eigenvalue weighted by molar-refractivity contribution is -0.00144. The van der Waals surface area contributed by atoms with E-state index >= 15 is 0 Å². The molecule has 0 spiro atoms. The van der Waals surface area contributed by atoms with E-state index in [1.54, 1.807) is 6.92 Å². The van der Waals surface area contributed by atoms with Gasteiger partial charge in [0.1, 0.15) is 17.5 Å². The van der Waals surface area contributed by atoms with Crippen LogP contribution in [-0.2, 0) is 5.60 Å². The molecule has 0 fully saturated rings. The second kappa shape index (κ2) is 3.14. The minimum Gasteiger partial charge on any atom is -0.483 e. The van der Waals surface area contributed by atoms with Gasteiger partial charge in [0, 0.05) is 5.56 Å². The van der Waals surface area contributed by atoms with Gasteiger partial charge in [-0.15, -0.1) is 0 Å². The Balaban J connectivity index is 2.45. The van der Waals surface area contributed by atoms with Crippen molar-refractivity contribution >= 4 is 0 Å². The van der Waals surface area contributed by atoms with E-state index in [2.05, 4.69) is 0 Å². The first kappa shape index (κ1) is 9.28. The molecule has 0 unspecified atom stereocenters. The predicted molar refractivity (Wildman–Crippen MR) is 55.2 cm³/mol. The molecule has 1 aromatic carbocycles. The first-order chi connectivity index (χ1) is 6.66. The molecule has 2 heteroatoms. The second-order valence-corrected chi connectivity index (χ2v) is 3.71. The third-order valence-electron chi connectivity index (χ3n) is 2.61. The van der Waals surface area contributed by atoms with Crippen LogP contribution in [-0.4, -0.2) is 11.2 Å². The van der Waals surface area contributed by atoms with E-state index in [9.17, 15) is 5.11 Å². The molecule has 0 saturated carbocycles. The normalized spacial score (nSPS) is 30.4. The molecule has 0 aromatic heterocycles. The van der Waals surface area contributed by atoms with Crippen LogP contribution in [0.4, 0.5) is 0 Å². The summed E-state index contributed by atoms with van der Waals surface area (Å²) in [6.07, 6.45) is 3.50. The molecule has 2 atom stereocenters. The monoisotopic (exact) mass is 190 g/mol. The molecular formula is C12H14O2. The maximum Gasteiger partial charge on any atom is 0.149 e. The van der Waals surface area contributed by atoms with Crippen LogP contribution in [0.5, 0.6) is 5.75 Å². The zero-order valence-electron chi connectivity index (χ0n) is 8.40. The van der Waals surface area contributed by atoms with Crippen molar-refractivity contribution in [3.05, 3.63) is 42.0 Å². The molecular weight excluding hydrogens is 176 g/mol. The van der Waals surface area contributed by atoms with Crippen molar-refractivity contribution in [1.82, 2.24) is 0 Å². The Morgan fingerprint density at radius 2 is 2.14 bits per heavy atom. The minimum absolute atomic E-state index is 0.273. The van der Waals surface area contributed by atoms with Crippen LogP contribution in [0.25, 0.3) is 0 Å². The quantitative estimate of drug-likeness (QED) is 0.688. The molecule has 1 aliphatic rings. The summed E-state index contributed by atoms with van der Waals surface area (Å²) >= 11 is 0. The van der Waals surface area contributed by atoms with Crippen LogP contribution < -0.4 is 4.74 Å². The summed E-state index contributed by atoms with van der Waals surface area (Å²) in [5, 5.41) is 10.3. The van der Waals surface area contributed by atoms with Gasteiger partial charge in [-0.1, -0.05) is 24.3 Å². The maximum atomic E-state index is 10.3. The van der Waals surface area contributed by atoms with E-state index in [-0.39, 0.29) is 6.10 Å². The largest absolute Gasteiger partial charge is 0.483 e. The number of benzene rings is 1. The van der Waals surface area contributed by atoms with Gasteiger partial charge in [-0.25, -0.2) is 0 Å². The Kier molecular flexibility index (Phi) is 2.08. The fraction of sp³-hybridized carbons (Fsp3) is 0.333. The molecule has 0 radical (unpaired) electrons. The summed E-state index contributed by atoms with van der Waals surface area (Å²) < 4.78 is 5.63. The van der Waals surface area contributed by atoms with Crippen LogP contribution >= 0.6 is 0 Å². The number of ether oxygens (including phenoxy) is 1. The van der Waals surface area contributed by atoms with Crippen LogP contribution in [0, 0.1) is 0 Å². The van der Waals surface area contributed by atoms with Gasteiger partial charge in [-0.2, -0.15) is 0 Å². The first-order valence-electron chi connectivity index (χ1n) is 4.77. The van der Waals surface area contributed by atoms with E-state index in [4.69, 9.17) is 4.74 Å². The van der Waals surface area contributed by atoms with Gasteiger partial charge in [0.2, 0.25) is 0 Å². The molecule has 14 heavy (non-hydrogen) atoms. The lowest BCUT2D eigenvalue weighted by atomic mass is 9.92. The van der Waals surface area contributed by atoms with Crippen molar-refractivity contribution in [2.75, 3.05) is 0 Å². The van der Waals surface area contributed by atoms with Crippen molar-refractivity contribution in [1.29, 1.82) is 0 Å². The SMILES string of the molecule is C/C=C/[C@@H]1Oc2ccccc2[C@@]1(C)O. The number of allylic oxidation sites excluding steroid dienone is 1. The molecule has 1 aromatic rings. The molecule has 0 bridgehead atoms. The van der Waals surface area contributed by atoms with Crippen LogP contribution in [0.2, 0.25) is 0 Å². The van der Waals surface area contributed by atoms with E-state index in [0.717, 1.165) is 11.3 Å². The molecule has 74 valence electrons. The van der Waals surface area contributed by atoms with Crippen LogP contribution in [0.15, 0.2) is 36.4 Å². The summed E-state index contributed by atoms with van der Waals surface area (Å²) in [7, 11) is 0. The predicted octanol–water partition coefficient (Wildman–Crippen LogP) is 2.23. The molecule has 0 saturated heterocycles. The summed E-state index contributed by atoms with van der Waals surface area (Å²) in [6, 6.07) is 7.60.